The predicted molar refractivity (Wildman–Crippen MR) is 128 cm³/mol. The van der Waals surface area contributed by atoms with Crippen molar-refractivity contribution in [2.24, 2.45) is 5.92 Å². The third-order valence-corrected chi connectivity index (χ3v) is 7.10. The standard InChI is InChI=1S/C21H23ClN8OS/c1-29(2)13-7-8-14-15(9-13)32-21(25-14)28-19(31)11-3-5-12(6-4-11)30-10-24-16-17(23)26-20(22)27-18(16)30/h7-12H,3-6H2,1-2H3,(H2,23,26,27)(H,25,28,31). The van der Waals surface area contributed by atoms with E-state index in [1.165, 1.54) is 11.3 Å². The summed E-state index contributed by atoms with van der Waals surface area (Å²) in [7, 11) is 4.01. The highest BCUT2D eigenvalue weighted by Crippen LogP contribution is 2.36. The molecule has 1 fully saturated rings. The smallest absolute Gasteiger partial charge is 0.229 e. The van der Waals surface area contributed by atoms with Crippen LogP contribution in [0.5, 0.6) is 0 Å². The van der Waals surface area contributed by atoms with Crippen molar-refractivity contribution in [3.05, 3.63) is 29.8 Å². The number of benzene rings is 1. The van der Waals surface area contributed by atoms with Crippen molar-refractivity contribution in [3.8, 4) is 0 Å². The monoisotopic (exact) mass is 470 g/mol. The lowest BCUT2D eigenvalue weighted by Crippen LogP contribution is -2.28. The van der Waals surface area contributed by atoms with E-state index in [1.54, 1.807) is 6.33 Å². The van der Waals surface area contributed by atoms with Gasteiger partial charge < -0.3 is 20.5 Å². The Hall–Kier alpha value is -2.98. The highest BCUT2D eigenvalue weighted by Gasteiger charge is 2.29. The molecule has 0 bridgehead atoms. The molecule has 0 atom stereocenters. The van der Waals surface area contributed by atoms with Gasteiger partial charge in [0.15, 0.2) is 16.6 Å². The van der Waals surface area contributed by atoms with Gasteiger partial charge in [-0.1, -0.05) is 11.3 Å². The number of hydrogen-bond acceptors (Lipinski definition) is 8. The molecule has 4 aromatic rings. The van der Waals surface area contributed by atoms with Crippen LogP contribution in [-0.4, -0.2) is 44.5 Å². The first-order valence-corrected chi connectivity index (χ1v) is 11.6. The first kappa shape index (κ1) is 20.9. The van der Waals surface area contributed by atoms with Crippen molar-refractivity contribution >= 4 is 66.9 Å². The van der Waals surface area contributed by atoms with E-state index >= 15 is 0 Å². The molecule has 166 valence electrons. The zero-order valence-electron chi connectivity index (χ0n) is 17.7. The molecular weight excluding hydrogens is 448 g/mol. The molecule has 1 aliphatic carbocycles. The second kappa shape index (κ2) is 8.18. The first-order chi connectivity index (χ1) is 15.4. The molecular formula is C21H23ClN8OS. The zero-order chi connectivity index (χ0) is 22.4. The molecule has 0 spiro atoms. The van der Waals surface area contributed by atoms with E-state index in [0.29, 0.717) is 16.3 Å². The van der Waals surface area contributed by atoms with Crippen LogP contribution in [0.1, 0.15) is 31.7 Å². The first-order valence-electron chi connectivity index (χ1n) is 10.4. The van der Waals surface area contributed by atoms with Crippen LogP contribution < -0.4 is 16.0 Å². The number of nitrogen functional groups attached to an aromatic ring is 1. The average Bonchev–Trinajstić information content (AvgIpc) is 3.36. The SMILES string of the molecule is CN(C)c1ccc2nc(NC(=O)C3CCC(n4cnc5c(N)nc(Cl)nc54)CC3)sc2c1. The Morgan fingerprint density at radius 3 is 2.75 bits per heavy atom. The summed E-state index contributed by atoms with van der Waals surface area (Å²) in [5, 5.41) is 3.78. The van der Waals surface area contributed by atoms with Gasteiger partial charge in [0.1, 0.15) is 5.52 Å². The number of nitrogens with two attached hydrogens (primary N) is 1. The van der Waals surface area contributed by atoms with Gasteiger partial charge in [0.2, 0.25) is 11.2 Å². The summed E-state index contributed by atoms with van der Waals surface area (Å²) in [6, 6.07) is 6.30. The molecule has 1 aromatic carbocycles. The lowest BCUT2D eigenvalue weighted by atomic mass is 9.85. The molecule has 11 heteroatoms. The third kappa shape index (κ3) is 3.84. The molecule has 3 aromatic heterocycles. The molecule has 0 aliphatic heterocycles. The van der Waals surface area contributed by atoms with Crippen molar-refractivity contribution in [3.63, 3.8) is 0 Å². The van der Waals surface area contributed by atoms with Gasteiger partial charge in [-0.05, 0) is 55.5 Å². The van der Waals surface area contributed by atoms with Gasteiger partial charge in [-0.25, -0.2) is 9.97 Å². The van der Waals surface area contributed by atoms with Crippen LogP contribution in [0.2, 0.25) is 5.28 Å². The van der Waals surface area contributed by atoms with Gasteiger partial charge in [-0.2, -0.15) is 9.97 Å². The van der Waals surface area contributed by atoms with Crippen LogP contribution in [-0.2, 0) is 4.79 Å². The molecule has 1 aliphatic rings. The van der Waals surface area contributed by atoms with Crippen LogP contribution in [0.25, 0.3) is 21.4 Å². The fraction of sp³-hybridized carbons (Fsp3) is 0.381. The second-order valence-corrected chi connectivity index (χ2v) is 9.63. The molecule has 32 heavy (non-hydrogen) atoms. The number of hydrogen-bond donors (Lipinski definition) is 2. The summed E-state index contributed by atoms with van der Waals surface area (Å²) in [6.07, 6.45) is 4.98. The number of nitrogens with zero attached hydrogens (tertiary/aromatic N) is 6. The fourth-order valence-corrected chi connectivity index (χ4v) is 5.32. The second-order valence-electron chi connectivity index (χ2n) is 8.26. The molecule has 5 rings (SSSR count). The van der Waals surface area contributed by atoms with E-state index in [0.717, 1.165) is 41.6 Å². The Kier molecular flexibility index (Phi) is 5.34. The van der Waals surface area contributed by atoms with Crippen molar-refractivity contribution < 1.29 is 4.79 Å². The highest BCUT2D eigenvalue weighted by molar-refractivity contribution is 7.22. The number of carbonyl (C=O) groups excluding carboxylic acids is 1. The summed E-state index contributed by atoms with van der Waals surface area (Å²) in [5.74, 6) is 0.259. The van der Waals surface area contributed by atoms with Gasteiger partial charge in [-0.3, -0.25) is 4.79 Å². The Morgan fingerprint density at radius 2 is 2.00 bits per heavy atom. The maximum Gasteiger partial charge on any atom is 0.229 e. The molecule has 0 saturated heterocycles. The summed E-state index contributed by atoms with van der Waals surface area (Å²) in [4.78, 5) is 32.1. The van der Waals surface area contributed by atoms with Gasteiger partial charge in [0.25, 0.3) is 0 Å². The van der Waals surface area contributed by atoms with Gasteiger partial charge >= 0.3 is 0 Å². The number of amides is 1. The maximum absolute atomic E-state index is 12.9. The number of aromatic nitrogens is 5. The van der Waals surface area contributed by atoms with E-state index in [1.807, 2.05) is 35.7 Å². The highest BCUT2D eigenvalue weighted by atomic mass is 35.5. The van der Waals surface area contributed by atoms with Crippen LogP contribution in [0.15, 0.2) is 24.5 Å². The lowest BCUT2D eigenvalue weighted by molar-refractivity contribution is -0.120. The van der Waals surface area contributed by atoms with Crippen molar-refractivity contribution in [2.45, 2.75) is 31.7 Å². The predicted octanol–water partition coefficient (Wildman–Crippen LogP) is 4.11. The van der Waals surface area contributed by atoms with Crippen LogP contribution in [0.4, 0.5) is 16.6 Å². The van der Waals surface area contributed by atoms with Gasteiger partial charge in [-0.15, -0.1) is 0 Å². The fourth-order valence-electron chi connectivity index (χ4n) is 4.25. The number of thiazole rings is 1. The van der Waals surface area contributed by atoms with Gasteiger partial charge in [0.05, 0.1) is 16.5 Å². The summed E-state index contributed by atoms with van der Waals surface area (Å²) >= 11 is 7.49. The molecule has 1 amide bonds. The van der Waals surface area contributed by atoms with Gasteiger partial charge in [0, 0.05) is 31.7 Å². The van der Waals surface area contributed by atoms with Crippen molar-refractivity contribution in [1.29, 1.82) is 0 Å². The number of imidazole rings is 1. The van der Waals surface area contributed by atoms with E-state index in [9.17, 15) is 4.79 Å². The Bertz CT molecular complexity index is 1310. The largest absolute Gasteiger partial charge is 0.382 e. The van der Waals surface area contributed by atoms with E-state index in [4.69, 9.17) is 17.3 Å². The number of rotatable bonds is 4. The lowest BCUT2D eigenvalue weighted by Gasteiger charge is -2.28. The quantitative estimate of drug-likeness (QED) is 0.431. The summed E-state index contributed by atoms with van der Waals surface area (Å²) < 4.78 is 3.06. The minimum atomic E-state index is -0.0475. The number of halogens is 1. The van der Waals surface area contributed by atoms with E-state index in [-0.39, 0.29) is 29.0 Å². The minimum absolute atomic E-state index is 0.0282. The van der Waals surface area contributed by atoms with Crippen molar-refractivity contribution in [2.75, 3.05) is 30.0 Å². The molecule has 1 saturated carbocycles. The molecule has 0 unspecified atom stereocenters. The normalized spacial score (nSPS) is 18.8. The summed E-state index contributed by atoms with van der Waals surface area (Å²) in [6.45, 7) is 0. The summed E-state index contributed by atoms with van der Waals surface area (Å²) in [5.41, 5.74) is 9.12. The molecule has 9 nitrogen and oxygen atoms in total. The molecule has 3 heterocycles. The molecule has 0 radical (unpaired) electrons. The number of nitrogens with one attached hydrogen (secondary N) is 1. The third-order valence-electron chi connectivity index (χ3n) is 6.00. The number of carbonyl (C=O) groups is 1. The topological polar surface area (TPSA) is 115 Å². The molecule has 3 N–H and O–H groups in total. The van der Waals surface area contributed by atoms with Crippen LogP contribution in [0, 0.1) is 5.92 Å². The maximum atomic E-state index is 12.9. The average molecular weight is 471 g/mol. The van der Waals surface area contributed by atoms with Crippen LogP contribution in [0.3, 0.4) is 0 Å². The Labute approximate surface area is 193 Å². The van der Waals surface area contributed by atoms with E-state index in [2.05, 4.69) is 31.3 Å². The zero-order valence-corrected chi connectivity index (χ0v) is 19.3. The Balaban J connectivity index is 1.26. The van der Waals surface area contributed by atoms with Crippen molar-refractivity contribution in [1.82, 2.24) is 24.5 Å². The minimum Gasteiger partial charge on any atom is -0.382 e. The number of anilines is 3. The number of fused-ring (bicyclic) bond motifs is 2. The van der Waals surface area contributed by atoms with E-state index < -0.39 is 0 Å². The van der Waals surface area contributed by atoms with Crippen LogP contribution >= 0.6 is 22.9 Å². The Morgan fingerprint density at radius 1 is 1.22 bits per heavy atom.